The molecular weight excluding hydrogens is 485 g/mol. The van der Waals surface area contributed by atoms with Crippen LogP contribution in [-0.4, -0.2) is 50.4 Å². The van der Waals surface area contributed by atoms with Crippen LogP contribution in [0, 0.1) is 5.92 Å². The highest BCUT2D eigenvalue weighted by Gasteiger charge is 2.25. The number of aryl methyl sites for hydroxylation is 1. The van der Waals surface area contributed by atoms with Gasteiger partial charge in [-0.1, -0.05) is 41.1 Å². The highest BCUT2D eigenvalue weighted by Crippen LogP contribution is 2.41. The molecular formula is C27H31BrFNO3. The number of alkyl halides is 1. The molecule has 0 aromatic heterocycles. The van der Waals surface area contributed by atoms with E-state index in [2.05, 4.69) is 39.9 Å². The number of benzene rings is 2. The Hall–Kier alpha value is -2.18. The van der Waals surface area contributed by atoms with Crippen LogP contribution in [0.1, 0.15) is 53.2 Å². The predicted molar refractivity (Wildman–Crippen MR) is 133 cm³/mol. The molecule has 1 aliphatic carbocycles. The van der Waals surface area contributed by atoms with E-state index in [1.807, 2.05) is 30.3 Å². The number of carbonyl (C=O) groups is 1. The van der Waals surface area contributed by atoms with Gasteiger partial charge in [-0.25, -0.2) is 4.79 Å². The summed E-state index contributed by atoms with van der Waals surface area (Å²) in [5.41, 5.74) is 5.10. The lowest BCUT2D eigenvalue weighted by atomic mass is 9.92. The topological polar surface area (TPSA) is 38.8 Å². The van der Waals surface area contributed by atoms with E-state index in [1.54, 1.807) is 0 Å². The van der Waals surface area contributed by atoms with Gasteiger partial charge in [0.1, 0.15) is 11.9 Å². The summed E-state index contributed by atoms with van der Waals surface area (Å²) in [5.74, 6) is 0.895. The second kappa shape index (κ2) is 10.8. The van der Waals surface area contributed by atoms with Crippen molar-refractivity contribution >= 4 is 27.5 Å². The summed E-state index contributed by atoms with van der Waals surface area (Å²) in [5, 5.41) is 0. The zero-order valence-corrected chi connectivity index (χ0v) is 20.9. The Labute approximate surface area is 203 Å². The van der Waals surface area contributed by atoms with Crippen LogP contribution in [-0.2, 0) is 11.2 Å². The van der Waals surface area contributed by atoms with Crippen LogP contribution in [0.15, 0.2) is 46.9 Å². The van der Waals surface area contributed by atoms with Gasteiger partial charge in [0.05, 0.1) is 19.3 Å². The van der Waals surface area contributed by atoms with Crippen molar-refractivity contribution in [3.63, 3.8) is 0 Å². The monoisotopic (exact) mass is 515 g/mol. The summed E-state index contributed by atoms with van der Waals surface area (Å²) in [4.78, 5) is 14.3. The summed E-state index contributed by atoms with van der Waals surface area (Å²) in [6, 6.07) is 14.1. The second-order valence-electron chi connectivity index (χ2n) is 8.93. The van der Waals surface area contributed by atoms with Crippen molar-refractivity contribution in [3.05, 3.63) is 69.2 Å². The van der Waals surface area contributed by atoms with Crippen LogP contribution >= 0.6 is 15.9 Å². The number of likely N-dealkylation sites (tertiary alicyclic amines) is 1. The van der Waals surface area contributed by atoms with E-state index in [9.17, 15) is 9.18 Å². The molecule has 0 saturated carbocycles. The molecule has 2 aromatic carbocycles. The zero-order chi connectivity index (χ0) is 23.4. The highest BCUT2D eigenvalue weighted by atomic mass is 79.9. The van der Waals surface area contributed by atoms with Gasteiger partial charge in [0.15, 0.2) is 0 Å². The fraction of sp³-hybridized carbons (Fsp3) is 0.444. The second-order valence-corrected chi connectivity index (χ2v) is 9.78. The zero-order valence-electron chi connectivity index (χ0n) is 19.3. The van der Waals surface area contributed by atoms with Crippen LogP contribution in [0.3, 0.4) is 0 Å². The Kier molecular flexibility index (Phi) is 7.86. The third-order valence-corrected chi connectivity index (χ3v) is 7.75. The predicted octanol–water partition coefficient (Wildman–Crippen LogP) is 6.02. The maximum Gasteiger partial charge on any atom is 0.337 e. The molecule has 4 rings (SSSR count). The molecule has 176 valence electrons. The molecule has 1 heterocycles. The first-order valence-electron chi connectivity index (χ1n) is 11.7. The van der Waals surface area contributed by atoms with E-state index in [4.69, 9.17) is 9.47 Å². The smallest absolute Gasteiger partial charge is 0.337 e. The Morgan fingerprint density at radius 2 is 2.06 bits per heavy atom. The van der Waals surface area contributed by atoms with E-state index in [-0.39, 0.29) is 18.7 Å². The lowest BCUT2D eigenvalue weighted by molar-refractivity contribution is 0.0600. The summed E-state index contributed by atoms with van der Waals surface area (Å²) in [6.07, 6.45) is 3.56. The van der Waals surface area contributed by atoms with E-state index >= 15 is 0 Å². The van der Waals surface area contributed by atoms with Crippen LogP contribution in [0.5, 0.6) is 5.75 Å². The first kappa shape index (κ1) is 24.0. The third-order valence-electron chi connectivity index (χ3n) is 6.58. The number of ether oxygens (including phenoxy) is 2. The Morgan fingerprint density at radius 3 is 2.85 bits per heavy atom. The van der Waals surface area contributed by atoms with Gasteiger partial charge in [0, 0.05) is 24.1 Å². The third kappa shape index (κ3) is 5.49. The number of nitrogens with zero attached hydrogens (tertiary/aromatic N) is 1. The highest BCUT2D eigenvalue weighted by molar-refractivity contribution is 9.11. The molecule has 33 heavy (non-hydrogen) atoms. The minimum absolute atomic E-state index is 0.125. The van der Waals surface area contributed by atoms with Crippen molar-refractivity contribution in [1.29, 1.82) is 0 Å². The first-order valence-corrected chi connectivity index (χ1v) is 12.5. The molecule has 0 radical (unpaired) electrons. The van der Waals surface area contributed by atoms with Crippen molar-refractivity contribution in [1.82, 2.24) is 4.90 Å². The summed E-state index contributed by atoms with van der Waals surface area (Å²) >= 11 is 3.89. The number of hydrogen-bond acceptors (Lipinski definition) is 4. The number of allylic oxidation sites excluding steroid dienone is 1. The molecule has 2 atom stereocenters. The molecule has 0 amide bonds. The van der Waals surface area contributed by atoms with E-state index in [1.165, 1.54) is 11.6 Å². The fourth-order valence-electron chi connectivity index (χ4n) is 4.75. The van der Waals surface area contributed by atoms with Gasteiger partial charge in [-0.05, 0) is 78.1 Å². The number of rotatable bonds is 7. The summed E-state index contributed by atoms with van der Waals surface area (Å²) in [6.45, 7) is 4.54. The maximum absolute atomic E-state index is 12.5. The average Bonchev–Trinajstić information content (AvgIpc) is 3.23. The molecule has 1 saturated heterocycles. The minimum atomic E-state index is -0.313. The van der Waals surface area contributed by atoms with Gasteiger partial charge < -0.3 is 9.47 Å². The van der Waals surface area contributed by atoms with E-state index in [0.29, 0.717) is 17.9 Å². The Bertz CT molecular complexity index is 1040. The van der Waals surface area contributed by atoms with Gasteiger partial charge in [0.25, 0.3) is 0 Å². The first-order chi connectivity index (χ1) is 16.0. The fourth-order valence-corrected chi connectivity index (χ4v) is 5.43. The summed E-state index contributed by atoms with van der Waals surface area (Å²) < 4.78 is 24.9. The van der Waals surface area contributed by atoms with Crippen LogP contribution < -0.4 is 4.74 Å². The Balaban J connectivity index is 1.61. The van der Waals surface area contributed by atoms with Gasteiger partial charge in [-0.15, -0.1) is 0 Å². The largest absolute Gasteiger partial charge is 0.489 e. The maximum atomic E-state index is 12.5. The summed E-state index contributed by atoms with van der Waals surface area (Å²) in [7, 11) is 1.41. The lowest BCUT2D eigenvalue weighted by Crippen LogP contribution is -2.26. The van der Waals surface area contributed by atoms with E-state index in [0.717, 1.165) is 66.9 Å². The molecule has 2 aromatic rings. The number of fused-ring (bicyclic) bond motifs is 1. The molecule has 0 N–H and O–H groups in total. The van der Waals surface area contributed by atoms with Gasteiger partial charge in [-0.3, -0.25) is 9.29 Å². The number of carbonyl (C=O) groups excluding carboxylic acids is 1. The molecule has 0 spiro atoms. The van der Waals surface area contributed by atoms with Crippen LogP contribution in [0.2, 0.25) is 0 Å². The van der Waals surface area contributed by atoms with Gasteiger partial charge in [-0.2, -0.15) is 0 Å². The Morgan fingerprint density at radius 1 is 1.21 bits per heavy atom. The minimum Gasteiger partial charge on any atom is -0.489 e. The molecule has 1 unspecified atom stereocenters. The van der Waals surface area contributed by atoms with Crippen molar-refractivity contribution in [2.24, 2.45) is 5.92 Å². The molecule has 1 aliphatic heterocycles. The quantitative estimate of drug-likeness (QED) is 0.422. The van der Waals surface area contributed by atoms with E-state index < -0.39 is 0 Å². The number of halogens is 2. The molecule has 1 fully saturated rings. The number of methoxy groups -OCH3 is 1. The van der Waals surface area contributed by atoms with Crippen molar-refractivity contribution in [2.75, 3.05) is 33.4 Å². The SMILES string of the molecule is COC(=O)c1ccc2c(c1)CCC(C)C(Br)=C2c1cccc(O[C@@H]2CCN(CCCF)C2)c1. The average molecular weight is 516 g/mol. The van der Waals surface area contributed by atoms with Gasteiger partial charge >= 0.3 is 5.97 Å². The standard InChI is InChI=1S/C27H31BrFNO3/c1-18-7-8-19-15-21(27(31)32-2)9-10-24(19)25(26(18)28)20-5-3-6-22(16-20)33-23-11-14-30(17-23)13-4-12-29/h3,5-6,9-10,15-16,18,23H,4,7-8,11-14,17H2,1-2H3/t18?,23-/m1/s1. The molecule has 4 nitrogen and oxygen atoms in total. The van der Waals surface area contributed by atoms with Crippen molar-refractivity contribution < 1.29 is 18.7 Å². The number of hydrogen-bond donors (Lipinski definition) is 0. The van der Waals surface area contributed by atoms with Crippen LogP contribution in [0.25, 0.3) is 5.57 Å². The van der Waals surface area contributed by atoms with Crippen molar-refractivity contribution in [3.8, 4) is 5.75 Å². The number of esters is 1. The van der Waals surface area contributed by atoms with Crippen molar-refractivity contribution in [2.45, 2.75) is 38.7 Å². The molecule has 2 aliphatic rings. The lowest BCUT2D eigenvalue weighted by Gasteiger charge is -2.18. The normalized spacial score (nSPS) is 21.0. The van der Waals surface area contributed by atoms with Gasteiger partial charge in [0.2, 0.25) is 0 Å². The molecule has 0 bridgehead atoms. The molecule has 6 heteroatoms. The van der Waals surface area contributed by atoms with Crippen LogP contribution in [0.4, 0.5) is 4.39 Å².